The Morgan fingerprint density at radius 3 is 2.24 bits per heavy atom. The van der Waals surface area contributed by atoms with Gasteiger partial charge in [0.15, 0.2) is 0 Å². The van der Waals surface area contributed by atoms with Crippen LogP contribution in [0.1, 0.15) is 10.4 Å². The molecule has 0 bridgehead atoms. The molecule has 1 heterocycles. The third-order valence-corrected chi connectivity index (χ3v) is 2.67. The minimum absolute atomic E-state index is 0.114. The van der Waals surface area contributed by atoms with Crippen molar-refractivity contribution in [3.63, 3.8) is 0 Å². The molecule has 21 heavy (non-hydrogen) atoms. The maximum atomic E-state index is 12.4. The fraction of sp³-hybridized carbons (Fsp3) is 0.154. The fourth-order valence-electron chi connectivity index (χ4n) is 1.86. The largest absolute Gasteiger partial charge is 0.480 e. The van der Waals surface area contributed by atoms with Crippen LogP contribution in [0.15, 0.2) is 30.6 Å². The summed E-state index contributed by atoms with van der Waals surface area (Å²) >= 11 is 0. The molecule has 0 aliphatic heterocycles. The zero-order chi connectivity index (χ0) is 15.4. The van der Waals surface area contributed by atoms with E-state index in [0.29, 0.717) is 11.0 Å². The van der Waals surface area contributed by atoms with E-state index < -0.39 is 30.9 Å². The first-order valence-corrected chi connectivity index (χ1v) is 5.91. The van der Waals surface area contributed by atoms with E-state index in [0.717, 1.165) is 4.90 Å². The zero-order valence-electron chi connectivity index (χ0n) is 10.8. The molecular formula is C13H11N3O5. The second-order valence-corrected chi connectivity index (χ2v) is 4.18. The number of hydrogen-bond acceptors (Lipinski definition) is 5. The number of carboxylic acids is 2. The summed E-state index contributed by atoms with van der Waals surface area (Å²) in [5.74, 6) is -3.31. The Kier molecular flexibility index (Phi) is 4.07. The topological polar surface area (TPSA) is 121 Å². The lowest BCUT2D eigenvalue weighted by molar-refractivity contribution is -0.140. The molecule has 0 unspecified atom stereocenters. The number of carboxylic acid groups (broad SMARTS) is 2. The number of amides is 1. The van der Waals surface area contributed by atoms with E-state index in [2.05, 4.69) is 9.97 Å². The van der Waals surface area contributed by atoms with Crippen LogP contribution in [0.4, 0.5) is 0 Å². The number of carbonyl (C=O) groups excluding carboxylic acids is 1. The van der Waals surface area contributed by atoms with E-state index in [-0.39, 0.29) is 5.56 Å². The Balaban J connectivity index is 2.42. The number of carbonyl (C=O) groups is 3. The highest BCUT2D eigenvalue weighted by Gasteiger charge is 2.23. The number of aromatic nitrogens is 2. The average Bonchev–Trinajstić information content (AvgIpc) is 2.44. The van der Waals surface area contributed by atoms with Crippen LogP contribution < -0.4 is 0 Å². The molecule has 1 aromatic heterocycles. The van der Waals surface area contributed by atoms with Gasteiger partial charge in [0.05, 0.1) is 11.1 Å². The first kappa shape index (κ1) is 14.4. The van der Waals surface area contributed by atoms with Gasteiger partial charge in [-0.25, -0.2) is 0 Å². The Morgan fingerprint density at radius 1 is 1.00 bits per heavy atom. The van der Waals surface area contributed by atoms with Crippen molar-refractivity contribution in [3.8, 4) is 0 Å². The molecule has 1 amide bonds. The molecule has 0 spiro atoms. The Hall–Kier alpha value is -3.03. The molecule has 2 N–H and O–H groups in total. The van der Waals surface area contributed by atoms with Gasteiger partial charge in [-0.15, -0.1) is 0 Å². The van der Waals surface area contributed by atoms with Crippen molar-refractivity contribution >= 4 is 28.9 Å². The van der Waals surface area contributed by atoms with E-state index in [9.17, 15) is 14.4 Å². The molecule has 2 aromatic rings. The summed E-state index contributed by atoms with van der Waals surface area (Å²) in [5.41, 5.74) is 0.878. The van der Waals surface area contributed by atoms with Crippen LogP contribution in [0.25, 0.3) is 11.0 Å². The first-order valence-electron chi connectivity index (χ1n) is 5.91. The molecular weight excluding hydrogens is 278 g/mol. The van der Waals surface area contributed by atoms with Gasteiger partial charge in [0.1, 0.15) is 18.6 Å². The predicted octanol–water partition coefficient (Wildman–Crippen LogP) is 0.241. The molecule has 0 atom stereocenters. The van der Waals surface area contributed by atoms with E-state index in [1.165, 1.54) is 18.5 Å². The smallest absolute Gasteiger partial charge is 0.323 e. The fourth-order valence-corrected chi connectivity index (χ4v) is 1.86. The number of fused-ring (bicyclic) bond motifs is 1. The highest BCUT2D eigenvalue weighted by molar-refractivity contribution is 6.06. The third kappa shape index (κ3) is 3.30. The standard InChI is InChI=1S/C13H11N3O5/c17-10(18)6-16(7-11(19)20)13(21)8-2-1-3-9-12(8)15-5-4-14-9/h1-5H,6-7H2,(H,17,18)(H,19,20). The molecule has 0 radical (unpaired) electrons. The van der Waals surface area contributed by atoms with Crippen molar-refractivity contribution < 1.29 is 24.6 Å². The maximum Gasteiger partial charge on any atom is 0.323 e. The van der Waals surface area contributed by atoms with Gasteiger partial charge >= 0.3 is 11.9 Å². The first-order chi connectivity index (χ1) is 9.99. The SMILES string of the molecule is O=C(O)CN(CC(=O)O)C(=O)c1cccc2nccnc12. The Morgan fingerprint density at radius 2 is 1.62 bits per heavy atom. The van der Waals surface area contributed by atoms with Gasteiger partial charge in [-0.3, -0.25) is 24.4 Å². The molecule has 0 saturated carbocycles. The number of aliphatic carboxylic acids is 2. The lowest BCUT2D eigenvalue weighted by atomic mass is 10.1. The van der Waals surface area contributed by atoms with Crippen LogP contribution in [0.2, 0.25) is 0 Å². The minimum Gasteiger partial charge on any atom is -0.480 e. The molecule has 108 valence electrons. The monoisotopic (exact) mass is 289 g/mol. The van der Waals surface area contributed by atoms with Crippen molar-refractivity contribution in [2.75, 3.05) is 13.1 Å². The molecule has 2 rings (SSSR count). The van der Waals surface area contributed by atoms with Crippen LogP contribution >= 0.6 is 0 Å². The van der Waals surface area contributed by atoms with Gasteiger partial charge in [0.25, 0.3) is 5.91 Å². The van der Waals surface area contributed by atoms with Gasteiger partial charge in [0.2, 0.25) is 0 Å². The number of nitrogens with zero attached hydrogens (tertiary/aromatic N) is 3. The van der Waals surface area contributed by atoms with E-state index in [1.54, 1.807) is 12.1 Å². The number of benzene rings is 1. The summed E-state index contributed by atoms with van der Waals surface area (Å²) in [4.78, 5) is 42.7. The molecule has 0 aliphatic carbocycles. The van der Waals surface area contributed by atoms with Crippen LogP contribution in [0.5, 0.6) is 0 Å². The summed E-state index contributed by atoms with van der Waals surface area (Å²) in [7, 11) is 0. The molecule has 1 aromatic carbocycles. The van der Waals surface area contributed by atoms with Gasteiger partial charge < -0.3 is 15.1 Å². The van der Waals surface area contributed by atoms with Crippen LogP contribution in [0.3, 0.4) is 0 Å². The third-order valence-electron chi connectivity index (χ3n) is 2.67. The predicted molar refractivity (Wildman–Crippen MR) is 70.7 cm³/mol. The van der Waals surface area contributed by atoms with Crippen LogP contribution in [-0.4, -0.2) is 56.0 Å². The summed E-state index contributed by atoms with van der Waals surface area (Å²) < 4.78 is 0. The van der Waals surface area contributed by atoms with Crippen LogP contribution in [-0.2, 0) is 9.59 Å². The number of rotatable bonds is 5. The Bertz CT molecular complexity index is 695. The normalized spacial score (nSPS) is 10.3. The van der Waals surface area contributed by atoms with Crippen molar-refractivity contribution in [3.05, 3.63) is 36.2 Å². The van der Waals surface area contributed by atoms with Gasteiger partial charge in [-0.1, -0.05) is 6.07 Å². The molecule has 0 fully saturated rings. The van der Waals surface area contributed by atoms with Crippen molar-refractivity contribution in [2.45, 2.75) is 0 Å². The summed E-state index contributed by atoms with van der Waals surface area (Å²) in [5, 5.41) is 17.6. The van der Waals surface area contributed by atoms with Gasteiger partial charge in [-0.05, 0) is 12.1 Å². The van der Waals surface area contributed by atoms with E-state index in [4.69, 9.17) is 10.2 Å². The second kappa shape index (κ2) is 5.95. The van der Waals surface area contributed by atoms with Crippen molar-refractivity contribution in [2.24, 2.45) is 0 Å². The van der Waals surface area contributed by atoms with Crippen LogP contribution in [0, 0.1) is 0 Å². The maximum absolute atomic E-state index is 12.4. The van der Waals surface area contributed by atoms with E-state index >= 15 is 0 Å². The minimum atomic E-state index is -1.30. The molecule has 0 saturated heterocycles. The average molecular weight is 289 g/mol. The lowest BCUT2D eigenvalue weighted by Gasteiger charge is -2.18. The highest BCUT2D eigenvalue weighted by atomic mass is 16.4. The molecule has 8 heteroatoms. The Labute approximate surface area is 118 Å². The van der Waals surface area contributed by atoms with Crippen molar-refractivity contribution in [1.29, 1.82) is 0 Å². The van der Waals surface area contributed by atoms with E-state index in [1.807, 2.05) is 0 Å². The second-order valence-electron chi connectivity index (χ2n) is 4.18. The van der Waals surface area contributed by atoms with Gasteiger partial charge in [-0.2, -0.15) is 0 Å². The van der Waals surface area contributed by atoms with Gasteiger partial charge in [0, 0.05) is 12.4 Å². The summed E-state index contributed by atoms with van der Waals surface area (Å²) in [6.07, 6.45) is 2.86. The van der Waals surface area contributed by atoms with Crippen molar-refractivity contribution in [1.82, 2.24) is 14.9 Å². The molecule has 0 aliphatic rings. The zero-order valence-corrected chi connectivity index (χ0v) is 10.8. The highest BCUT2D eigenvalue weighted by Crippen LogP contribution is 2.16. The number of para-hydroxylation sites is 1. The summed E-state index contributed by atoms with van der Waals surface area (Å²) in [6, 6.07) is 4.68. The lowest BCUT2D eigenvalue weighted by Crippen LogP contribution is -2.39. The summed E-state index contributed by atoms with van der Waals surface area (Å²) in [6.45, 7) is -1.41. The molecule has 8 nitrogen and oxygen atoms in total. The number of hydrogen-bond donors (Lipinski definition) is 2. The quantitative estimate of drug-likeness (QED) is 0.808.